The number of aromatic nitrogens is 4. The summed E-state index contributed by atoms with van der Waals surface area (Å²) in [5.74, 6) is 1.23. The van der Waals surface area contributed by atoms with Crippen LogP contribution in [0, 0.1) is 0 Å². The lowest BCUT2D eigenvalue weighted by molar-refractivity contribution is 0.306. The average molecular weight is 495 g/mol. The molecule has 164 valence electrons. The van der Waals surface area contributed by atoms with Gasteiger partial charge in [0.15, 0.2) is 5.76 Å². The van der Waals surface area contributed by atoms with Gasteiger partial charge >= 0.3 is 0 Å². The van der Waals surface area contributed by atoms with E-state index in [0.29, 0.717) is 33.9 Å². The van der Waals surface area contributed by atoms with E-state index in [2.05, 4.69) is 10.1 Å². The summed E-state index contributed by atoms with van der Waals surface area (Å²) in [7, 11) is 1.58. The Labute approximate surface area is 200 Å². The van der Waals surface area contributed by atoms with Crippen LogP contribution in [-0.2, 0) is 6.61 Å². The normalized spacial score (nSPS) is 11.5. The zero-order chi connectivity index (χ0) is 22.4. The van der Waals surface area contributed by atoms with Crippen LogP contribution in [0.3, 0.4) is 0 Å². The third-order valence-corrected chi connectivity index (χ3v) is 7.05. The zero-order valence-electron chi connectivity index (χ0n) is 17.2. The average Bonchev–Trinajstić information content (AvgIpc) is 3.60. The minimum absolute atomic E-state index is 0.319. The number of halogens is 1. The van der Waals surface area contributed by atoms with Crippen molar-refractivity contribution in [2.45, 2.75) is 6.61 Å². The molecular weight excluding hydrogens is 480 g/mol. The van der Waals surface area contributed by atoms with Gasteiger partial charge in [0.25, 0.3) is 5.19 Å². The molecule has 0 amide bonds. The molecule has 0 N–H and O–H groups in total. The Morgan fingerprint density at radius 2 is 2.03 bits per heavy atom. The molecule has 0 saturated heterocycles. The molecule has 4 heterocycles. The minimum Gasteiger partial charge on any atom is -0.486 e. The van der Waals surface area contributed by atoms with Crippen molar-refractivity contribution in [3.8, 4) is 33.0 Å². The van der Waals surface area contributed by atoms with E-state index in [1.807, 2.05) is 41.8 Å². The fraction of sp³-hybridized carbons (Fsp3) is 0.0870. The van der Waals surface area contributed by atoms with Crippen molar-refractivity contribution in [3.63, 3.8) is 0 Å². The van der Waals surface area contributed by atoms with Gasteiger partial charge in [-0.15, -0.1) is 16.4 Å². The van der Waals surface area contributed by atoms with Gasteiger partial charge in [0.05, 0.1) is 24.4 Å². The van der Waals surface area contributed by atoms with E-state index >= 15 is 0 Å². The maximum absolute atomic E-state index is 6.34. The van der Waals surface area contributed by atoms with Crippen LogP contribution in [0.1, 0.15) is 5.69 Å². The summed E-state index contributed by atoms with van der Waals surface area (Å²) in [6.07, 6.45) is 1.72. The highest BCUT2D eigenvalue weighted by atomic mass is 35.5. The number of benzene rings is 2. The van der Waals surface area contributed by atoms with E-state index in [9.17, 15) is 0 Å². The van der Waals surface area contributed by atoms with E-state index in [1.165, 1.54) is 11.3 Å². The highest BCUT2D eigenvalue weighted by Crippen LogP contribution is 2.37. The number of methoxy groups -OCH3 is 1. The first-order valence-electron chi connectivity index (χ1n) is 9.92. The van der Waals surface area contributed by atoms with Crippen LogP contribution < -0.4 is 9.47 Å². The molecule has 2 aromatic carbocycles. The molecule has 0 aliphatic rings. The topological polar surface area (TPSA) is 74.7 Å². The lowest BCUT2D eigenvalue weighted by Crippen LogP contribution is -1.96. The number of ether oxygens (including phenoxy) is 2. The molecule has 0 unspecified atom stereocenters. The first-order chi connectivity index (χ1) is 16.2. The second kappa shape index (κ2) is 8.18. The molecule has 0 aliphatic heterocycles. The summed E-state index contributed by atoms with van der Waals surface area (Å²) in [6.45, 7) is 0.319. The highest BCUT2D eigenvalue weighted by Gasteiger charge is 2.18. The lowest BCUT2D eigenvalue weighted by atomic mass is 10.2. The van der Waals surface area contributed by atoms with Gasteiger partial charge in [0.1, 0.15) is 28.6 Å². The van der Waals surface area contributed by atoms with Gasteiger partial charge in [-0.3, -0.25) is 0 Å². The molecule has 6 aromatic rings. The van der Waals surface area contributed by atoms with Crippen LogP contribution in [0.25, 0.3) is 38.0 Å². The number of hydrogen-bond donors (Lipinski definition) is 0. The van der Waals surface area contributed by atoms with Crippen molar-refractivity contribution in [2.24, 2.45) is 0 Å². The molecule has 33 heavy (non-hydrogen) atoms. The molecule has 6 rings (SSSR count). The standard InChI is InChI=1S/C23H15ClN4O3S2/c1-29-23-27-28-17(10-25-22(28)33-23)20-9-16-18(7-14(24)8-19(16)31-20)30-11-15-12-32-21(26-15)13-5-3-2-4-6-13/h2-10,12H,11H2,1H3. The Hall–Kier alpha value is -3.40. The summed E-state index contributed by atoms with van der Waals surface area (Å²) >= 11 is 9.29. The van der Waals surface area contributed by atoms with Gasteiger partial charge in [0, 0.05) is 22.0 Å². The van der Waals surface area contributed by atoms with Crippen LogP contribution in [0.5, 0.6) is 10.9 Å². The number of furan rings is 1. The number of thiazole rings is 1. The summed E-state index contributed by atoms with van der Waals surface area (Å²) < 4.78 is 19.1. The largest absolute Gasteiger partial charge is 0.486 e. The molecular formula is C23H15ClN4O3S2. The summed E-state index contributed by atoms with van der Waals surface area (Å²) in [5, 5.41) is 9.23. The summed E-state index contributed by atoms with van der Waals surface area (Å²) in [6, 6.07) is 15.5. The molecule has 10 heteroatoms. The molecule has 0 bridgehead atoms. The number of nitrogens with zero attached hydrogens (tertiary/aromatic N) is 4. The number of fused-ring (bicyclic) bond motifs is 2. The first-order valence-corrected chi connectivity index (χ1v) is 12.0. The van der Waals surface area contributed by atoms with Crippen molar-refractivity contribution in [3.05, 3.63) is 70.8 Å². The van der Waals surface area contributed by atoms with E-state index in [1.54, 1.807) is 41.3 Å². The molecule has 0 spiro atoms. The zero-order valence-corrected chi connectivity index (χ0v) is 19.6. The van der Waals surface area contributed by atoms with E-state index < -0.39 is 0 Å². The Balaban J connectivity index is 1.31. The Kier molecular flexibility index (Phi) is 5.01. The van der Waals surface area contributed by atoms with Crippen molar-refractivity contribution >= 4 is 50.2 Å². The molecule has 0 fully saturated rings. The molecule has 4 aromatic heterocycles. The van der Waals surface area contributed by atoms with Crippen molar-refractivity contribution in [2.75, 3.05) is 7.11 Å². The summed E-state index contributed by atoms with van der Waals surface area (Å²) in [4.78, 5) is 9.80. The maximum Gasteiger partial charge on any atom is 0.294 e. The molecule has 0 atom stereocenters. The van der Waals surface area contributed by atoms with Crippen LogP contribution in [0.4, 0.5) is 0 Å². The van der Waals surface area contributed by atoms with Crippen molar-refractivity contribution < 1.29 is 13.9 Å². The third-order valence-electron chi connectivity index (χ3n) is 5.01. The van der Waals surface area contributed by atoms with Crippen LogP contribution in [-0.4, -0.2) is 26.7 Å². The predicted molar refractivity (Wildman–Crippen MR) is 130 cm³/mol. The van der Waals surface area contributed by atoms with E-state index in [-0.39, 0.29) is 0 Å². The van der Waals surface area contributed by atoms with Crippen LogP contribution in [0.15, 0.2) is 64.5 Å². The summed E-state index contributed by atoms with van der Waals surface area (Å²) in [5.41, 5.74) is 3.27. The van der Waals surface area contributed by atoms with Gasteiger partial charge in [0.2, 0.25) is 4.96 Å². The smallest absolute Gasteiger partial charge is 0.294 e. The fourth-order valence-corrected chi connectivity index (χ4v) is 5.19. The predicted octanol–water partition coefficient (Wildman–Crippen LogP) is 6.57. The first kappa shape index (κ1) is 20.2. The molecule has 7 nitrogen and oxygen atoms in total. The minimum atomic E-state index is 0.319. The van der Waals surface area contributed by atoms with E-state index in [0.717, 1.165) is 32.3 Å². The molecule has 0 saturated carbocycles. The Bertz CT molecular complexity index is 1590. The van der Waals surface area contributed by atoms with Crippen molar-refractivity contribution in [1.82, 2.24) is 19.6 Å². The van der Waals surface area contributed by atoms with Gasteiger partial charge < -0.3 is 13.9 Å². The van der Waals surface area contributed by atoms with Crippen LogP contribution >= 0.6 is 34.3 Å². The van der Waals surface area contributed by atoms with Crippen molar-refractivity contribution in [1.29, 1.82) is 0 Å². The van der Waals surface area contributed by atoms with Crippen LogP contribution in [0.2, 0.25) is 5.02 Å². The molecule has 0 aliphatic carbocycles. The number of imidazole rings is 1. The number of hydrogen-bond acceptors (Lipinski definition) is 8. The second-order valence-electron chi connectivity index (χ2n) is 7.13. The third kappa shape index (κ3) is 3.74. The molecule has 0 radical (unpaired) electrons. The lowest BCUT2D eigenvalue weighted by Gasteiger charge is -2.06. The van der Waals surface area contributed by atoms with Gasteiger partial charge in [-0.25, -0.2) is 9.97 Å². The van der Waals surface area contributed by atoms with Gasteiger partial charge in [-0.2, -0.15) is 4.52 Å². The Morgan fingerprint density at radius 3 is 2.88 bits per heavy atom. The highest BCUT2D eigenvalue weighted by molar-refractivity contribution is 7.18. The van der Waals surface area contributed by atoms with Gasteiger partial charge in [-0.05, 0) is 23.5 Å². The maximum atomic E-state index is 6.34. The quantitative estimate of drug-likeness (QED) is 0.261. The van der Waals surface area contributed by atoms with E-state index in [4.69, 9.17) is 30.5 Å². The SMILES string of the molecule is COc1nn2c(-c3cc4c(OCc5csc(-c6ccccc6)n5)cc(Cl)cc4o3)cnc2s1. The number of rotatable bonds is 6. The Morgan fingerprint density at radius 1 is 1.15 bits per heavy atom. The second-order valence-corrected chi connectivity index (χ2v) is 9.35. The fourth-order valence-electron chi connectivity index (χ4n) is 3.48. The van der Waals surface area contributed by atoms with Gasteiger partial charge in [-0.1, -0.05) is 41.9 Å². The monoisotopic (exact) mass is 494 g/mol.